The predicted molar refractivity (Wildman–Crippen MR) is 88.5 cm³/mol. The average Bonchev–Trinajstić information content (AvgIpc) is 2.51. The molecule has 0 bridgehead atoms. The lowest BCUT2D eigenvalue weighted by Crippen LogP contribution is -2.01. The van der Waals surface area contributed by atoms with Gasteiger partial charge < -0.3 is 16.8 Å². The lowest BCUT2D eigenvalue weighted by atomic mass is 10.0. The minimum absolute atomic E-state index is 0.227. The van der Waals surface area contributed by atoms with Crippen molar-refractivity contribution in [2.24, 2.45) is 0 Å². The van der Waals surface area contributed by atoms with Crippen molar-refractivity contribution < 1.29 is 0 Å². The third-order valence-corrected chi connectivity index (χ3v) is 3.31. The van der Waals surface area contributed by atoms with Crippen LogP contribution in [0.5, 0.6) is 0 Å². The fraction of sp³-hybridized carbons (Fsp3) is 0.0625. The Morgan fingerprint density at radius 2 is 1.95 bits per heavy atom. The van der Waals surface area contributed by atoms with Crippen LogP contribution in [0.25, 0.3) is 11.1 Å². The van der Waals surface area contributed by atoms with Crippen LogP contribution in [0.1, 0.15) is 5.56 Å². The van der Waals surface area contributed by atoms with Crippen molar-refractivity contribution in [1.29, 1.82) is 0 Å². The van der Waals surface area contributed by atoms with Crippen molar-refractivity contribution in [1.82, 2.24) is 15.0 Å². The van der Waals surface area contributed by atoms with E-state index in [0.717, 1.165) is 28.1 Å². The Balaban J connectivity index is 2.01. The van der Waals surface area contributed by atoms with E-state index in [9.17, 15) is 0 Å². The number of anilines is 4. The number of nitrogens with one attached hydrogen (secondary N) is 1. The number of nitrogens with two attached hydrogens (primary N) is 2. The van der Waals surface area contributed by atoms with Gasteiger partial charge in [0.15, 0.2) is 0 Å². The van der Waals surface area contributed by atoms with E-state index in [2.05, 4.69) is 20.3 Å². The summed E-state index contributed by atoms with van der Waals surface area (Å²) in [7, 11) is 0. The molecule has 0 atom stereocenters. The topological polar surface area (TPSA) is 103 Å². The van der Waals surface area contributed by atoms with E-state index in [1.807, 2.05) is 31.2 Å². The molecule has 2 aromatic heterocycles. The molecule has 3 rings (SSSR count). The van der Waals surface area contributed by atoms with Crippen LogP contribution in [0.2, 0.25) is 0 Å². The van der Waals surface area contributed by atoms with Crippen LogP contribution in [0.15, 0.2) is 48.9 Å². The SMILES string of the molecule is Cc1cc(Nc2ccnc(N)n2)cc(-c2cccnc2)c1N. The first-order chi connectivity index (χ1) is 10.6. The summed E-state index contributed by atoms with van der Waals surface area (Å²) in [6.07, 6.45) is 5.13. The van der Waals surface area contributed by atoms with Gasteiger partial charge in [-0.2, -0.15) is 4.98 Å². The van der Waals surface area contributed by atoms with Crippen molar-refractivity contribution in [3.8, 4) is 11.1 Å². The van der Waals surface area contributed by atoms with Gasteiger partial charge in [-0.15, -0.1) is 0 Å². The molecule has 5 N–H and O–H groups in total. The van der Waals surface area contributed by atoms with E-state index in [-0.39, 0.29) is 5.95 Å². The largest absolute Gasteiger partial charge is 0.398 e. The molecule has 0 saturated heterocycles. The highest BCUT2D eigenvalue weighted by Gasteiger charge is 2.08. The predicted octanol–water partition coefficient (Wildman–Crippen LogP) is 2.76. The summed E-state index contributed by atoms with van der Waals surface area (Å²) in [5, 5.41) is 3.22. The van der Waals surface area contributed by atoms with Crippen LogP contribution in [-0.2, 0) is 0 Å². The number of rotatable bonds is 3. The molecule has 2 heterocycles. The molecular formula is C16H16N6. The van der Waals surface area contributed by atoms with Crippen LogP contribution < -0.4 is 16.8 Å². The molecule has 0 radical (unpaired) electrons. The molecule has 6 heteroatoms. The number of nitrogens with zero attached hydrogens (tertiary/aromatic N) is 3. The van der Waals surface area contributed by atoms with Gasteiger partial charge >= 0.3 is 0 Å². The minimum Gasteiger partial charge on any atom is -0.398 e. The molecule has 0 unspecified atom stereocenters. The fourth-order valence-electron chi connectivity index (χ4n) is 2.22. The van der Waals surface area contributed by atoms with Crippen LogP contribution in [0.4, 0.5) is 23.1 Å². The van der Waals surface area contributed by atoms with E-state index in [1.165, 1.54) is 0 Å². The lowest BCUT2D eigenvalue weighted by molar-refractivity contribution is 1.18. The lowest BCUT2D eigenvalue weighted by Gasteiger charge is -2.13. The van der Waals surface area contributed by atoms with Gasteiger partial charge in [0.1, 0.15) is 5.82 Å². The monoisotopic (exact) mass is 292 g/mol. The Labute approximate surface area is 128 Å². The fourth-order valence-corrected chi connectivity index (χ4v) is 2.22. The van der Waals surface area contributed by atoms with Gasteiger partial charge in [-0.1, -0.05) is 6.07 Å². The molecule has 22 heavy (non-hydrogen) atoms. The third-order valence-electron chi connectivity index (χ3n) is 3.31. The molecular weight excluding hydrogens is 276 g/mol. The second-order valence-corrected chi connectivity index (χ2v) is 4.92. The third kappa shape index (κ3) is 2.80. The Morgan fingerprint density at radius 3 is 2.68 bits per heavy atom. The highest BCUT2D eigenvalue weighted by Crippen LogP contribution is 2.32. The van der Waals surface area contributed by atoms with Gasteiger partial charge in [0.25, 0.3) is 0 Å². The zero-order chi connectivity index (χ0) is 15.5. The van der Waals surface area contributed by atoms with E-state index in [0.29, 0.717) is 5.82 Å². The Morgan fingerprint density at radius 1 is 1.09 bits per heavy atom. The first kappa shape index (κ1) is 13.8. The molecule has 0 aliphatic carbocycles. The summed E-state index contributed by atoms with van der Waals surface area (Å²) in [4.78, 5) is 12.2. The number of benzene rings is 1. The van der Waals surface area contributed by atoms with Gasteiger partial charge in [0, 0.05) is 41.1 Å². The molecule has 0 aliphatic heterocycles. The molecule has 0 fully saturated rings. The summed E-state index contributed by atoms with van der Waals surface area (Å²) < 4.78 is 0. The molecule has 6 nitrogen and oxygen atoms in total. The molecule has 110 valence electrons. The molecule has 1 aromatic carbocycles. The Bertz CT molecular complexity index is 801. The van der Waals surface area contributed by atoms with Crippen molar-refractivity contribution in [2.75, 3.05) is 16.8 Å². The number of aromatic nitrogens is 3. The zero-order valence-electron chi connectivity index (χ0n) is 12.1. The molecule has 0 aliphatic rings. The van der Waals surface area contributed by atoms with E-state index < -0.39 is 0 Å². The minimum atomic E-state index is 0.227. The van der Waals surface area contributed by atoms with Crippen molar-refractivity contribution in [2.45, 2.75) is 6.92 Å². The van der Waals surface area contributed by atoms with E-state index >= 15 is 0 Å². The van der Waals surface area contributed by atoms with Crippen molar-refractivity contribution in [3.63, 3.8) is 0 Å². The molecule has 0 saturated carbocycles. The first-order valence-corrected chi connectivity index (χ1v) is 6.79. The maximum Gasteiger partial charge on any atom is 0.221 e. The number of hydrogen-bond acceptors (Lipinski definition) is 6. The standard InChI is InChI=1S/C16H16N6/c1-10-7-12(21-14-4-6-20-16(18)22-14)8-13(15(10)17)11-3-2-5-19-9-11/h2-9H,17H2,1H3,(H3,18,20,21,22). The first-order valence-electron chi connectivity index (χ1n) is 6.79. The van der Waals surface area contributed by atoms with E-state index in [1.54, 1.807) is 24.7 Å². The van der Waals surface area contributed by atoms with Gasteiger partial charge in [-0.3, -0.25) is 4.98 Å². The number of pyridine rings is 1. The second kappa shape index (κ2) is 5.69. The number of aryl methyl sites for hydroxylation is 1. The number of hydrogen-bond donors (Lipinski definition) is 3. The zero-order valence-corrected chi connectivity index (χ0v) is 12.1. The summed E-state index contributed by atoms with van der Waals surface area (Å²) in [5.74, 6) is 0.860. The van der Waals surface area contributed by atoms with Gasteiger partial charge in [0.2, 0.25) is 5.95 Å². The highest BCUT2D eigenvalue weighted by atomic mass is 15.1. The summed E-state index contributed by atoms with van der Waals surface area (Å²) in [5.41, 5.74) is 16.3. The van der Waals surface area contributed by atoms with Crippen LogP contribution in [0.3, 0.4) is 0 Å². The van der Waals surface area contributed by atoms with Gasteiger partial charge in [-0.25, -0.2) is 4.98 Å². The van der Waals surface area contributed by atoms with E-state index in [4.69, 9.17) is 11.5 Å². The molecule has 0 spiro atoms. The Kier molecular flexibility index (Phi) is 3.57. The van der Waals surface area contributed by atoms with Crippen molar-refractivity contribution in [3.05, 3.63) is 54.5 Å². The van der Waals surface area contributed by atoms with Crippen LogP contribution >= 0.6 is 0 Å². The maximum absolute atomic E-state index is 6.20. The summed E-state index contributed by atoms with van der Waals surface area (Å²) in [6, 6.07) is 9.55. The highest BCUT2D eigenvalue weighted by molar-refractivity contribution is 5.82. The van der Waals surface area contributed by atoms with Crippen molar-refractivity contribution >= 4 is 23.1 Å². The summed E-state index contributed by atoms with van der Waals surface area (Å²) >= 11 is 0. The van der Waals surface area contributed by atoms with Gasteiger partial charge in [-0.05, 0) is 36.8 Å². The maximum atomic E-state index is 6.20. The smallest absolute Gasteiger partial charge is 0.221 e. The quantitative estimate of drug-likeness (QED) is 0.641. The average molecular weight is 292 g/mol. The summed E-state index contributed by atoms with van der Waals surface area (Å²) in [6.45, 7) is 1.97. The molecule has 3 aromatic rings. The Hall–Kier alpha value is -3.15. The van der Waals surface area contributed by atoms with Crippen LogP contribution in [0, 0.1) is 6.92 Å². The normalized spacial score (nSPS) is 10.4. The number of nitrogen functional groups attached to an aromatic ring is 2. The second-order valence-electron chi connectivity index (χ2n) is 4.92. The van der Waals surface area contributed by atoms with Crippen LogP contribution in [-0.4, -0.2) is 15.0 Å². The molecule has 0 amide bonds. The van der Waals surface area contributed by atoms with Gasteiger partial charge in [0.05, 0.1) is 0 Å².